The Morgan fingerprint density at radius 3 is 2.23 bits per heavy atom. The molecule has 1 heterocycles. The van der Waals surface area contributed by atoms with Crippen molar-refractivity contribution in [1.29, 1.82) is 0 Å². The molecule has 0 saturated carbocycles. The summed E-state index contributed by atoms with van der Waals surface area (Å²) in [6.45, 7) is 15.6. The van der Waals surface area contributed by atoms with E-state index in [1.54, 1.807) is 41.9 Å². The number of amides is 3. The highest BCUT2D eigenvalue weighted by Gasteiger charge is 2.43. The first-order chi connectivity index (χ1) is 24.4. The highest BCUT2D eigenvalue weighted by Crippen LogP contribution is 2.36. The van der Waals surface area contributed by atoms with Crippen LogP contribution in [0.4, 0.5) is 4.79 Å². The Balaban J connectivity index is 2.35. The summed E-state index contributed by atoms with van der Waals surface area (Å²) in [5, 5.41) is 2.90. The van der Waals surface area contributed by atoms with Crippen LogP contribution >= 0.6 is 0 Å². The molecule has 1 fully saturated rings. The number of benzene rings is 1. The van der Waals surface area contributed by atoms with E-state index in [9.17, 15) is 19.2 Å². The quantitative estimate of drug-likeness (QED) is 0.0876. The van der Waals surface area contributed by atoms with Crippen LogP contribution in [0.25, 0.3) is 0 Å². The Labute approximate surface area is 309 Å². The molecule has 5 N–H and O–H groups in total. The van der Waals surface area contributed by atoms with Gasteiger partial charge in [-0.15, -0.1) is 0 Å². The fourth-order valence-corrected chi connectivity index (χ4v) is 5.87. The third kappa shape index (κ3) is 13.4. The largest absolute Gasteiger partial charge is 0.493 e. The Morgan fingerprint density at radius 1 is 0.962 bits per heavy atom. The zero-order valence-corrected chi connectivity index (χ0v) is 32.9. The van der Waals surface area contributed by atoms with Gasteiger partial charge in [0, 0.05) is 32.6 Å². The van der Waals surface area contributed by atoms with Crippen molar-refractivity contribution in [2.24, 2.45) is 46.5 Å². The highest BCUT2D eigenvalue weighted by atomic mass is 16.7. The van der Waals surface area contributed by atoms with E-state index in [2.05, 4.69) is 19.2 Å². The predicted molar refractivity (Wildman–Crippen MR) is 196 cm³/mol. The lowest BCUT2D eigenvalue weighted by molar-refractivity contribution is -0.155. The van der Waals surface area contributed by atoms with E-state index in [0.717, 1.165) is 12.0 Å². The number of methoxy groups -OCH3 is 2. The molecule has 1 aliphatic heterocycles. The molecule has 14 nitrogen and oxygen atoms in total. The normalized spacial score (nSPS) is 17.9. The maximum Gasteiger partial charge on any atom is 0.414 e. The minimum atomic E-state index is -0.923. The number of nitrogens with two attached hydrogens (primary N) is 2. The summed E-state index contributed by atoms with van der Waals surface area (Å²) in [7, 11) is 3.25. The van der Waals surface area contributed by atoms with Gasteiger partial charge in [0.05, 0.1) is 31.3 Å². The van der Waals surface area contributed by atoms with E-state index in [-0.39, 0.29) is 42.9 Å². The van der Waals surface area contributed by atoms with Gasteiger partial charge in [0.15, 0.2) is 11.5 Å². The lowest BCUT2D eigenvalue weighted by Crippen LogP contribution is -2.47. The van der Waals surface area contributed by atoms with Gasteiger partial charge in [0.2, 0.25) is 18.6 Å². The second-order valence-corrected chi connectivity index (χ2v) is 15.3. The van der Waals surface area contributed by atoms with Crippen molar-refractivity contribution in [1.82, 2.24) is 10.2 Å². The lowest BCUT2D eigenvalue weighted by Gasteiger charge is -2.33. The van der Waals surface area contributed by atoms with Crippen molar-refractivity contribution in [3.63, 3.8) is 0 Å². The second kappa shape index (κ2) is 21.2. The van der Waals surface area contributed by atoms with E-state index >= 15 is 0 Å². The molecule has 1 saturated heterocycles. The maximum atomic E-state index is 13.5. The Bertz CT molecular complexity index is 1300. The van der Waals surface area contributed by atoms with Crippen LogP contribution in [0.2, 0.25) is 0 Å². The summed E-state index contributed by atoms with van der Waals surface area (Å²) in [5.74, 6) is -0.563. The molecule has 0 unspecified atom stereocenters. The van der Waals surface area contributed by atoms with Crippen LogP contribution in [-0.2, 0) is 39.8 Å². The van der Waals surface area contributed by atoms with Crippen LogP contribution in [-0.4, -0.2) is 94.5 Å². The number of carbonyl (C=O) groups is 4. The Hall–Kier alpha value is -3.62. The molecule has 14 heteroatoms. The number of nitrogens with zero attached hydrogens (tertiary/aromatic N) is 1. The first-order valence-electron chi connectivity index (χ1n) is 18.3. The number of primary amides is 1. The monoisotopic (exact) mass is 736 g/mol. The molecule has 0 radical (unpaired) electrons. The summed E-state index contributed by atoms with van der Waals surface area (Å²) >= 11 is 0. The first kappa shape index (κ1) is 44.5. The average Bonchev–Trinajstić information content (AvgIpc) is 3.48. The molecule has 52 heavy (non-hydrogen) atoms. The zero-order chi connectivity index (χ0) is 39.2. The molecule has 0 aliphatic carbocycles. The number of hydrogen-bond donors (Lipinski definition) is 3. The van der Waals surface area contributed by atoms with Crippen LogP contribution in [0.1, 0.15) is 80.2 Å². The molecular formula is C38H64N4O10. The van der Waals surface area contributed by atoms with Crippen molar-refractivity contribution in [2.45, 2.75) is 99.3 Å². The van der Waals surface area contributed by atoms with Gasteiger partial charge in [-0.05, 0) is 74.5 Å². The van der Waals surface area contributed by atoms with E-state index in [0.29, 0.717) is 44.0 Å². The fraction of sp³-hybridized carbons (Fsp3) is 0.737. The molecule has 0 aromatic heterocycles. The molecule has 1 aromatic rings. The molecule has 2 rings (SSSR count). The first-order valence-corrected chi connectivity index (χ1v) is 18.3. The third-order valence-corrected chi connectivity index (χ3v) is 9.83. The van der Waals surface area contributed by atoms with E-state index in [1.807, 2.05) is 32.0 Å². The summed E-state index contributed by atoms with van der Waals surface area (Å²) in [6.07, 6.45) is 1.04. The van der Waals surface area contributed by atoms with Gasteiger partial charge in [0.25, 0.3) is 0 Å². The van der Waals surface area contributed by atoms with Crippen LogP contribution in [0.3, 0.4) is 0 Å². The van der Waals surface area contributed by atoms with Crippen molar-refractivity contribution >= 4 is 23.9 Å². The molecular weight excluding hydrogens is 672 g/mol. The molecule has 296 valence electrons. The summed E-state index contributed by atoms with van der Waals surface area (Å²) < 4.78 is 33.5. The molecule has 0 spiro atoms. The van der Waals surface area contributed by atoms with Gasteiger partial charge in [-0.25, -0.2) is 4.79 Å². The van der Waals surface area contributed by atoms with Gasteiger partial charge in [0.1, 0.15) is 12.8 Å². The molecule has 5 atom stereocenters. The van der Waals surface area contributed by atoms with E-state index in [4.69, 9.17) is 39.9 Å². The van der Waals surface area contributed by atoms with E-state index in [1.165, 1.54) is 4.90 Å². The van der Waals surface area contributed by atoms with Gasteiger partial charge in [-0.3, -0.25) is 19.3 Å². The number of hydrogen-bond acceptors (Lipinski definition) is 11. The zero-order valence-electron chi connectivity index (χ0n) is 32.9. The summed E-state index contributed by atoms with van der Waals surface area (Å²) in [4.78, 5) is 52.7. The topological polar surface area (TPSA) is 191 Å². The smallest absolute Gasteiger partial charge is 0.414 e. The SMILES string of the molecule is COCCCOc1cc(C[C@@H](C[C@H]2[C@H](C[C@H](C(=O)NCC(C)(C)C(N)=O)C(C)C)OCN2C(=O)OCOC(=O)[C@H](N)C(C)C)C(C)C)ccc1OC. The minimum absolute atomic E-state index is 0.0679. The average molecular weight is 737 g/mol. The van der Waals surface area contributed by atoms with Crippen LogP contribution in [0, 0.1) is 35.0 Å². The molecule has 1 aromatic carbocycles. The molecule has 0 bridgehead atoms. The van der Waals surface area contributed by atoms with Gasteiger partial charge < -0.3 is 45.2 Å². The highest BCUT2D eigenvalue weighted by molar-refractivity contribution is 5.83. The second-order valence-electron chi connectivity index (χ2n) is 15.3. The lowest BCUT2D eigenvalue weighted by atomic mass is 9.80. The van der Waals surface area contributed by atoms with Gasteiger partial charge in [-0.1, -0.05) is 47.6 Å². The van der Waals surface area contributed by atoms with Gasteiger partial charge in [-0.2, -0.15) is 0 Å². The van der Waals surface area contributed by atoms with Crippen molar-refractivity contribution < 1.29 is 47.6 Å². The van der Waals surface area contributed by atoms with Crippen LogP contribution < -0.4 is 26.3 Å². The number of carbonyl (C=O) groups excluding carboxylic acids is 4. The maximum absolute atomic E-state index is 13.5. The number of esters is 1. The molecule has 3 amide bonds. The van der Waals surface area contributed by atoms with Crippen molar-refractivity contribution in [2.75, 3.05) is 47.5 Å². The predicted octanol–water partition coefficient (Wildman–Crippen LogP) is 4.25. The van der Waals surface area contributed by atoms with Crippen LogP contribution in [0.5, 0.6) is 11.5 Å². The third-order valence-electron chi connectivity index (χ3n) is 9.83. The Kier molecular flexibility index (Phi) is 18.1. The number of nitrogens with one attached hydrogen (secondary N) is 1. The van der Waals surface area contributed by atoms with Crippen molar-refractivity contribution in [3.8, 4) is 11.5 Å². The summed E-state index contributed by atoms with van der Waals surface area (Å²) in [5.41, 5.74) is 11.5. The fourth-order valence-electron chi connectivity index (χ4n) is 5.87. The van der Waals surface area contributed by atoms with Gasteiger partial charge >= 0.3 is 12.1 Å². The van der Waals surface area contributed by atoms with Crippen LogP contribution in [0.15, 0.2) is 18.2 Å². The molecule has 1 aliphatic rings. The summed E-state index contributed by atoms with van der Waals surface area (Å²) in [6, 6.07) is 4.57. The standard InChI is InChI=1S/C38H64N4O10/c1-23(2)27(16-26-12-13-30(48-10)32(17-26)49-15-11-14-47-9)18-29-31(19-28(24(3)4)34(43)41-20-38(7,8)36(40)45)50-21-42(29)37(46)52-22-51-35(44)33(39)25(5)6/h12-13,17,23-25,27-29,31,33H,11,14-16,18-22,39H2,1-10H3,(H2,40,45)(H,41,43)/t27-,28-,29-,31-,33+/m0/s1. The van der Waals surface area contributed by atoms with Crippen molar-refractivity contribution in [3.05, 3.63) is 23.8 Å². The van der Waals surface area contributed by atoms with E-state index < -0.39 is 54.3 Å². The number of rotatable bonds is 22. The number of ether oxygens (including phenoxy) is 6. The minimum Gasteiger partial charge on any atom is -0.493 e. The Morgan fingerprint density at radius 2 is 1.65 bits per heavy atom.